The number of allylic oxidation sites excluding steroid dienone is 1. The van der Waals surface area contributed by atoms with Crippen molar-refractivity contribution in [1.82, 2.24) is 16.1 Å². The second-order valence-corrected chi connectivity index (χ2v) is 9.91. The maximum absolute atomic E-state index is 14.0. The normalized spacial score (nSPS) is 15.3. The first-order valence-corrected chi connectivity index (χ1v) is 14.0. The van der Waals surface area contributed by atoms with Crippen LogP contribution in [-0.4, -0.2) is 49.9 Å². The van der Waals surface area contributed by atoms with Gasteiger partial charge in [0.05, 0.1) is 31.5 Å². The molecule has 232 valence electrons. The number of nitrogens with one attached hydrogen (secondary N) is 3. The van der Waals surface area contributed by atoms with Gasteiger partial charge in [0, 0.05) is 21.8 Å². The van der Waals surface area contributed by atoms with Crippen LogP contribution < -0.4 is 30.3 Å². The Labute approximate surface area is 258 Å². The van der Waals surface area contributed by atoms with Crippen molar-refractivity contribution in [2.24, 2.45) is 5.10 Å². The van der Waals surface area contributed by atoms with Crippen LogP contribution in [0.4, 0.5) is 9.18 Å². The van der Waals surface area contributed by atoms with Crippen LogP contribution in [0, 0.1) is 5.82 Å². The van der Waals surface area contributed by atoms with Crippen LogP contribution in [-0.2, 0) is 16.1 Å². The molecule has 0 aliphatic carbocycles. The molecule has 11 nitrogen and oxygen atoms in total. The van der Waals surface area contributed by atoms with Gasteiger partial charge in [-0.25, -0.2) is 14.0 Å². The Balaban J connectivity index is 1.41. The van der Waals surface area contributed by atoms with Crippen molar-refractivity contribution in [2.45, 2.75) is 32.7 Å². The van der Waals surface area contributed by atoms with E-state index in [1.54, 1.807) is 68.4 Å². The van der Waals surface area contributed by atoms with Gasteiger partial charge in [0.15, 0.2) is 17.7 Å². The fourth-order valence-corrected chi connectivity index (χ4v) is 4.52. The van der Waals surface area contributed by atoms with Crippen molar-refractivity contribution in [3.8, 4) is 17.2 Å². The fraction of sp³-hybridized carbons (Fsp3) is 0.258. The van der Waals surface area contributed by atoms with Crippen LogP contribution in [0.5, 0.6) is 17.2 Å². The largest absolute Gasteiger partial charge is 0.490 e. The van der Waals surface area contributed by atoms with Gasteiger partial charge in [0.25, 0.3) is 0 Å². The molecule has 0 bridgehead atoms. The zero-order valence-electron chi connectivity index (χ0n) is 24.2. The Bertz CT molecular complexity index is 1570. The van der Waals surface area contributed by atoms with Gasteiger partial charge < -0.3 is 34.7 Å². The first-order valence-electron chi connectivity index (χ1n) is 13.6. The van der Waals surface area contributed by atoms with Crippen LogP contribution in [0.15, 0.2) is 77.0 Å². The summed E-state index contributed by atoms with van der Waals surface area (Å²) in [5.74, 6) is 0.112. The number of urea groups is 1. The summed E-state index contributed by atoms with van der Waals surface area (Å²) in [7, 11) is 1.26. The first kappa shape index (κ1) is 32.1. The Hall–Kier alpha value is -4.81. The van der Waals surface area contributed by atoms with E-state index in [-0.39, 0.29) is 24.6 Å². The highest BCUT2D eigenvalue weighted by molar-refractivity contribution is 6.30. The zero-order chi connectivity index (χ0) is 31.6. The number of aliphatic hydroxyl groups excluding tert-OH is 1. The van der Waals surface area contributed by atoms with Gasteiger partial charge >= 0.3 is 12.0 Å². The van der Waals surface area contributed by atoms with E-state index >= 15 is 0 Å². The number of hydrogen-bond acceptors (Lipinski definition) is 9. The number of aliphatic hydroxyl groups is 1. The molecule has 2 atom stereocenters. The lowest BCUT2D eigenvalue weighted by atomic mass is 9.95. The molecular formula is C31H32ClFN4O7. The molecule has 44 heavy (non-hydrogen) atoms. The van der Waals surface area contributed by atoms with E-state index in [9.17, 15) is 19.1 Å². The van der Waals surface area contributed by atoms with E-state index in [0.29, 0.717) is 51.3 Å². The molecule has 4 N–H and O–H groups in total. The van der Waals surface area contributed by atoms with Crippen LogP contribution in [0.2, 0.25) is 5.02 Å². The molecule has 0 radical (unpaired) electrons. The second-order valence-electron chi connectivity index (χ2n) is 9.48. The van der Waals surface area contributed by atoms with E-state index in [4.69, 9.17) is 30.5 Å². The molecule has 1 heterocycles. The summed E-state index contributed by atoms with van der Waals surface area (Å²) in [6.07, 6.45) is 0.191. The van der Waals surface area contributed by atoms with Crippen molar-refractivity contribution in [3.05, 3.63) is 99.5 Å². The molecule has 1 aliphatic rings. The van der Waals surface area contributed by atoms with Gasteiger partial charge in [-0.1, -0.05) is 35.9 Å². The monoisotopic (exact) mass is 626 g/mol. The van der Waals surface area contributed by atoms with Crippen molar-refractivity contribution in [2.75, 3.05) is 20.3 Å². The average molecular weight is 627 g/mol. The van der Waals surface area contributed by atoms with Gasteiger partial charge in [-0.2, -0.15) is 5.10 Å². The minimum Gasteiger partial charge on any atom is -0.490 e. The average Bonchev–Trinajstić information content (AvgIpc) is 3.00. The molecule has 0 saturated carbocycles. The van der Waals surface area contributed by atoms with Gasteiger partial charge in [0.1, 0.15) is 24.8 Å². The number of ether oxygens (including phenoxy) is 4. The molecule has 0 fully saturated rings. The summed E-state index contributed by atoms with van der Waals surface area (Å²) in [5, 5.41) is 20.3. The van der Waals surface area contributed by atoms with Crippen molar-refractivity contribution in [3.63, 3.8) is 0 Å². The lowest BCUT2D eigenvalue weighted by Gasteiger charge is -2.28. The molecule has 0 aromatic heterocycles. The quantitative estimate of drug-likeness (QED) is 0.0936. The number of methoxy groups -OCH3 is 1. The first-order chi connectivity index (χ1) is 21.2. The summed E-state index contributed by atoms with van der Waals surface area (Å²) in [6, 6.07) is 14.9. The Morgan fingerprint density at radius 1 is 1.11 bits per heavy atom. The van der Waals surface area contributed by atoms with Crippen LogP contribution in [0.1, 0.15) is 36.6 Å². The molecule has 2 amide bonds. The van der Waals surface area contributed by atoms with Crippen molar-refractivity contribution >= 4 is 29.8 Å². The highest BCUT2D eigenvalue weighted by Crippen LogP contribution is 2.35. The topological polar surface area (TPSA) is 140 Å². The molecule has 0 unspecified atom stereocenters. The van der Waals surface area contributed by atoms with E-state index in [2.05, 4.69) is 21.2 Å². The van der Waals surface area contributed by atoms with Crippen molar-refractivity contribution in [1.29, 1.82) is 0 Å². The molecular weight excluding hydrogens is 595 g/mol. The highest BCUT2D eigenvalue weighted by Gasteiger charge is 2.32. The Morgan fingerprint density at radius 3 is 2.64 bits per heavy atom. The minimum atomic E-state index is -1.22. The Morgan fingerprint density at radius 2 is 1.89 bits per heavy atom. The van der Waals surface area contributed by atoms with Gasteiger partial charge in [0.2, 0.25) is 0 Å². The molecule has 1 aliphatic heterocycles. The number of rotatable bonds is 13. The summed E-state index contributed by atoms with van der Waals surface area (Å²) in [5.41, 5.74) is 4.66. The molecule has 0 spiro atoms. The lowest BCUT2D eigenvalue weighted by molar-refractivity contribution is -0.136. The number of amides is 2. The lowest BCUT2D eigenvalue weighted by Crippen LogP contribution is -2.45. The fourth-order valence-electron chi connectivity index (χ4n) is 4.34. The predicted octanol–water partition coefficient (Wildman–Crippen LogP) is 4.58. The highest BCUT2D eigenvalue weighted by atomic mass is 35.5. The minimum absolute atomic E-state index is 0.00386. The van der Waals surface area contributed by atoms with Crippen LogP contribution in [0.3, 0.4) is 0 Å². The number of benzene rings is 3. The summed E-state index contributed by atoms with van der Waals surface area (Å²) in [4.78, 5) is 24.6. The smallest absolute Gasteiger partial charge is 0.337 e. The third kappa shape index (κ3) is 8.17. The molecule has 13 heteroatoms. The number of esters is 1. The number of hydrogen-bond donors (Lipinski definition) is 4. The number of nitrogens with zero attached hydrogens (tertiary/aromatic N) is 1. The maximum Gasteiger partial charge on any atom is 0.337 e. The summed E-state index contributed by atoms with van der Waals surface area (Å²) in [6.45, 7) is 3.51. The molecule has 4 rings (SSSR count). The van der Waals surface area contributed by atoms with Crippen LogP contribution in [0.25, 0.3) is 0 Å². The number of halogens is 2. The number of hydrazone groups is 1. The third-order valence-electron chi connectivity index (χ3n) is 6.41. The van der Waals surface area contributed by atoms with Gasteiger partial charge in [-0.3, -0.25) is 5.43 Å². The molecule has 3 aromatic carbocycles. The van der Waals surface area contributed by atoms with Crippen LogP contribution >= 0.6 is 11.6 Å². The van der Waals surface area contributed by atoms with E-state index in [0.717, 1.165) is 0 Å². The standard InChI is InChI=1S/C31H32ClFN4O7/c1-4-42-26-14-19(29-28(30(39)41-3)18(2)35-31(40)36-29)9-11-25(26)44-17-27(38)37-34-15-21-13-22(32)10-12-24(21)43-16-20-7-5-6-8-23(20)33/h5-15,27,29,37-38H,4,16-17H2,1-3H3,(H2,35,36,40)/b34-15+/t27-,29-/m0/s1. The predicted molar refractivity (Wildman–Crippen MR) is 161 cm³/mol. The van der Waals surface area contributed by atoms with Crippen molar-refractivity contribution < 1.29 is 38.0 Å². The number of carbonyl (C=O) groups is 2. The number of carbonyl (C=O) groups excluding carboxylic acids is 2. The Kier molecular flexibility index (Phi) is 11.0. The van der Waals surface area contributed by atoms with E-state index in [1.807, 2.05) is 0 Å². The SMILES string of the molecule is CCOc1cc([C@@H]2NC(=O)NC(C)=C2C(=O)OC)ccc1OC[C@H](O)N/N=C/c1cc(Cl)ccc1OCc1ccccc1F. The summed E-state index contributed by atoms with van der Waals surface area (Å²) < 4.78 is 36.2. The summed E-state index contributed by atoms with van der Waals surface area (Å²) >= 11 is 6.14. The maximum atomic E-state index is 14.0. The molecule has 0 saturated heterocycles. The second kappa shape index (κ2) is 15.1. The van der Waals surface area contributed by atoms with E-state index in [1.165, 1.54) is 19.4 Å². The molecule has 3 aromatic rings. The van der Waals surface area contributed by atoms with Gasteiger partial charge in [-0.15, -0.1) is 0 Å². The van der Waals surface area contributed by atoms with E-state index < -0.39 is 24.3 Å². The third-order valence-corrected chi connectivity index (χ3v) is 6.65. The van der Waals surface area contributed by atoms with Gasteiger partial charge in [-0.05, 0) is 55.8 Å². The zero-order valence-corrected chi connectivity index (χ0v) is 25.0.